The number of carbonyl (C=O) groups is 1. The van der Waals surface area contributed by atoms with Crippen molar-refractivity contribution in [2.45, 2.75) is 32.6 Å². The van der Waals surface area contributed by atoms with Crippen molar-refractivity contribution >= 4 is 5.97 Å². The second-order valence-electron chi connectivity index (χ2n) is 6.07. The number of allylic oxidation sites excluding steroid dienone is 2. The molecule has 0 heterocycles. The molecule has 0 saturated heterocycles. The highest BCUT2D eigenvalue weighted by Crippen LogP contribution is 2.61. The molecule has 2 bridgehead atoms. The van der Waals surface area contributed by atoms with Crippen LogP contribution in [0.4, 0.5) is 0 Å². The van der Waals surface area contributed by atoms with Crippen molar-refractivity contribution in [1.29, 1.82) is 0 Å². The fraction of sp³-hybridized carbons (Fsp3) is 0.471. The van der Waals surface area contributed by atoms with Gasteiger partial charge in [-0.15, -0.1) is 0 Å². The first kappa shape index (κ1) is 12.5. The van der Waals surface area contributed by atoms with Gasteiger partial charge in [0.05, 0.1) is 5.92 Å². The summed E-state index contributed by atoms with van der Waals surface area (Å²) in [6, 6.07) is 8.35. The first-order valence-corrected chi connectivity index (χ1v) is 7.06. The van der Waals surface area contributed by atoms with Crippen molar-refractivity contribution in [3.05, 3.63) is 47.5 Å². The molecule has 0 aliphatic heterocycles. The molecule has 1 aromatic rings. The predicted octanol–water partition coefficient (Wildman–Crippen LogP) is 3.77. The van der Waals surface area contributed by atoms with Crippen LogP contribution >= 0.6 is 0 Å². The number of aryl methyl sites for hydroxylation is 1. The van der Waals surface area contributed by atoms with Crippen LogP contribution in [0.5, 0.6) is 0 Å². The first-order chi connectivity index (χ1) is 9.07. The maximum absolute atomic E-state index is 11.8. The summed E-state index contributed by atoms with van der Waals surface area (Å²) < 4.78 is 0. The third-order valence-electron chi connectivity index (χ3n) is 5.08. The van der Waals surface area contributed by atoms with Gasteiger partial charge in [0.15, 0.2) is 0 Å². The SMILES string of the molecule is CCC12C=CC(C1)C(c1cccc(C)c1)C2C(=O)O. The number of aliphatic carboxylic acids is 1. The Bertz CT molecular complexity index is 546. The number of hydrogen-bond acceptors (Lipinski definition) is 1. The molecule has 4 atom stereocenters. The van der Waals surface area contributed by atoms with Gasteiger partial charge in [-0.2, -0.15) is 0 Å². The van der Waals surface area contributed by atoms with Crippen LogP contribution in [-0.4, -0.2) is 11.1 Å². The summed E-state index contributed by atoms with van der Waals surface area (Å²) in [6.07, 6.45) is 6.33. The summed E-state index contributed by atoms with van der Waals surface area (Å²) in [5.41, 5.74) is 2.28. The lowest BCUT2D eigenvalue weighted by molar-refractivity contribution is -0.145. The zero-order valence-corrected chi connectivity index (χ0v) is 11.5. The van der Waals surface area contributed by atoms with Gasteiger partial charge in [-0.1, -0.05) is 48.9 Å². The lowest BCUT2D eigenvalue weighted by Crippen LogP contribution is -2.33. The predicted molar refractivity (Wildman–Crippen MR) is 75.0 cm³/mol. The lowest BCUT2D eigenvalue weighted by Gasteiger charge is -2.33. The molecule has 19 heavy (non-hydrogen) atoms. The second-order valence-corrected chi connectivity index (χ2v) is 6.07. The largest absolute Gasteiger partial charge is 0.481 e. The molecule has 2 heteroatoms. The van der Waals surface area contributed by atoms with E-state index in [4.69, 9.17) is 0 Å². The van der Waals surface area contributed by atoms with Crippen molar-refractivity contribution in [2.75, 3.05) is 0 Å². The van der Waals surface area contributed by atoms with Gasteiger partial charge in [0.1, 0.15) is 0 Å². The van der Waals surface area contributed by atoms with Crippen LogP contribution in [-0.2, 0) is 4.79 Å². The van der Waals surface area contributed by atoms with E-state index in [1.807, 2.05) is 6.07 Å². The molecule has 2 aliphatic carbocycles. The van der Waals surface area contributed by atoms with Gasteiger partial charge in [0.25, 0.3) is 0 Å². The molecule has 2 nitrogen and oxygen atoms in total. The third kappa shape index (κ3) is 1.73. The minimum absolute atomic E-state index is 0.120. The van der Waals surface area contributed by atoms with Gasteiger partial charge < -0.3 is 5.11 Å². The van der Waals surface area contributed by atoms with Crippen LogP contribution in [0.15, 0.2) is 36.4 Å². The van der Waals surface area contributed by atoms with Gasteiger partial charge in [-0.05, 0) is 31.2 Å². The Hall–Kier alpha value is -1.57. The monoisotopic (exact) mass is 256 g/mol. The minimum Gasteiger partial charge on any atom is -0.481 e. The third-order valence-corrected chi connectivity index (χ3v) is 5.08. The first-order valence-electron chi connectivity index (χ1n) is 7.06. The zero-order chi connectivity index (χ0) is 13.6. The minimum atomic E-state index is -0.639. The number of fused-ring (bicyclic) bond motifs is 2. The van der Waals surface area contributed by atoms with E-state index in [2.05, 4.69) is 44.2 Å². The normalized spacial score (nSPS) is 35.8. The average molecular weight is 256 g/mol. The van der Waals surface area contributed by atoms with Crippen LogP contribution in [0.25, 0.3) is 0 Å². The van der Waals surface area contributed by atoms with Gasteiger partial charge in [-0.3, -0.25) is 4.79 Å². The van der Waals surface area contributed by atoms with E-state index in [0.29, 0.717) is 5.92 Å². The number of carboxylic acid groups (broad SMARTS) is 1. The molecule has 2 aliphatic rings. The van der Waals surface area contributed by atoms with E-state index in [1.165, 1.54) is 11.1 Å². The molecular weight excluding hydrogens is 236 g/mol. The fourth-order valence-corrected chi connectivity index (χ4v) is 4.17. The summed E-state index contributed by atoms with van der Waals surface area (Å²) in [7, 11) is 0. The summed E-state index contributed by atoms with van der Waals surface area (Å²) >= 11 is 0. The van der Waals surface area contributed by atoms with E-state index in [1.54, 1.807) is 0 Å². The summed E-state index contributed by atoms with van der Waals surface area (Å²) in [5, 5.41) is 9.70. The Kier molecular flexibility index (Phi) is 2.77. The van der Waals surface area contributed by atoms with E-state index < -0.39 is 5.97 Å². The number of benzene rings is 1. The van der Waals surface area contributed by atoms with Crippen molar-refractivity contribution in [3.63, 3.8) is 0 Å². The van der Waals surface area contributed by atoms with Crippen LogP contribution in [0, 0.1) is 24.2 Å². The molecule has 3 rings (SSSR count). The Labute approximate surface area is 114 Å². The van der Waals surface area contributed by atoms with Crippen LogP contribution in [0.2, 0.25) is 0 Å². The smallest absolute Gasteiger partial charge is 0.308 e. The van der Waals surface area contributed by atoms with Crippen molar-refractivity contribution in [3.8, 4) is 0 Å². The quantitative estimate of drug-likeness (QED) is 0.836. The van der Waals surface area contributed by atoms with Crippen LogP contribution in [0.3, 0.4) is 0 Å². The van der Waals surface area contributed by atoms with Gasteiger partial charge in [0.2, 0.25) is 0 Å². The van der Waals surface area contributed by atoms with Crippen molar-refractivity contribution < 1.29 is 9.90 Å². The van der Waals surface area contributed by atoms with Crippen LogP contribution < -0.4 is 0 Å². The molecule has 1 N–H and O–H groups in total. The molecule has 0 amide bonds. The average Bonchev–Trinajstić information content (AvgIpc) is 2.94. The van der Waals surface area contributed by atoms with E-state index in [9.17, 15) is 9.90 Å². The van der Waals surface area contributed by atoms with Gasteiger partial charge in [0, 0.05) is 11.3 Å². The number of carboxylic acids is 1. The summed E-state index contributed by atoms with van der Waals surface area (Å²) in [6.45, 7) is 4.18. The Morgan fingerprint density at radius 1 is 1.47 bits per heavy atom. The van der Waals surface area contributed by atoms with Gasteiger partial charge in [-0.25, -0.2) is 0 Å². The molecule has 4 unspecified atom stereocenters. The molecule has 0 spiro atoms. The highest BCUT2D eigenvalue weighted by atomic mass is 16.4. The van der Waals surface area contributed by atoms with E-state index in [0.717, 1.165) is 12.8 Å². The highest BCUT2D eigenvalue weighted by Gasteiger charge is 2.57. The zero-order valence-electron chi connectivity index (χ0n) is 11.5. The molecule has 0 aromatic heterocycles. The van der Waals surface area contributed by atoms with E-state index in [-0.39, 0.29) is 17.3 Å². The molecule has 100 valence electrons. The molecule has 0 radical (unpaired) electrons. The summed E-state index contributed by atoms with van der Waals surface area (Å²) in [4.78, 5) is 11.8. The fourth-order valence-electron chi connectivity index (χ4n) is 4.17. The molecule has 1 aromatic carbocycles. The summed E-state index contributed by atoms with van der Waals surface area (Å²) in [5.74, 6) is -0.375. The Morgan fingerprint density at radius 3 is 2.89 bits per heavy atom. The number of hydrogen-bond donors (Lipinski definition) is 1. The van der Waals surface area contributed by atoms with Crippen molar-refractivity contribution in [1.82, 2.24) is 0 Å². The second kappa shape index (κ2) is 4.22. The standard InChI is InChI=1S/C17H20O2/c1-3-17-8-7-13(10-17)14(15(17)16(18)19)12-6-4-5-11(2)9-12/h4-9,13-15H,3,10H2,1-2H3,(H,18,19). The molecule has 1 saturated carbocycles. The maximum Gasteiger partial charge on any atom is 0.308 e. The highest BCUT2D eigenvalue weighted by molar-refractivity contribution is 5.74. The van der Waals surface area contributed by atoms with Crippen molar-refractivity contribution in [2.24, 2.45) is 17.3 Å². The van der Waals surface area contributed by atoms with E-state index >= 15 is 0 Å². The molecule has 1 fully saturated rings. The van der Waals surface area contributed by atoms with Gasteiger partial charge >= 0.3 is 5.97 Å². The number of rotatable bonds is 3. The topological polar surface area (TPSA) is 37.3 Å². The Morgan fingerprint density at radius 2 is 2.26 bits per heavy atom. The molecular formula is C17H20O2. The maximum atomic E-state index is 11.8. The Balaban J connectivity index is 2.07. The van der Waals surface area contributed by atoms with Crippen LogP contribution in [0.1, 0.15) is 36.8 Å². The lowest BCUT2D eigenvalue weighted by atomic mass is 9.70.